The Balaban J connectivity index is 1.33. The molecular weight excluding hydrogens is 599 g/mol. The second-order valence-electron chi connectivity index (χ2n) is 8.85. The SMILES string of the molecule is O=C(Nc1ccc(-c2ccccc2-c2ncnc3sccc23)c(F)c1)c1nnn(-c2ccc(F)c(Cl)c2)c1C(F)(F)F. The lowest BCUT2D eigenvalue weighted by atomic mass is 9.96. The van der Waals surface area contributed by atoms with Crippen LogP contribution in [-0.2, 0) is 6.18 Å². The Hall–Kier alpha value is -4.75. The van der Waals surface area contributed by atoms with E-state index in [1.54, 1.807) is 24.3 Å². The fourth-order valence-electron chi connectivity index (χ4n) is 4.42. The summed E-state index contributed by atoms with van der Waals surface area (Å²) in [7, 11) is 0. The zero-order valence-corrected chi connectivity index (χ0v) is 22.4. The molecule has 42 heavy (non-hydrogen) atoms. The van der Waals surface area contributed by atoms with E-state index in [9.17, 15) is 22.4 Å². The van der Waals surface area contributed by atoms with Crippen molar-refractivity contribution in [2.45, 2.75) is 6.18 Å². The van der Waals surface area contributed by atoms with E-state index in [1.807, 2.05) is 11.4 Å². The zero-order chi connectivity index (χ0) is 29.6. The maximum Gasteiger partial charge on any atom is 0.435 e. The summed E-state index contributed by atoms with van der Waals surface area (Å²) in [5.74, 6) is -2.87. The fraction of sp³-hybridized carbons (Fsp3) is 0.0357. The summed E-state index contributed by atoms with van der Waals surface area (Å²) >= 11 is 7.15. The molecule has 6 aromatic rings. The Morgan fingerprint density at radius 2 is 1.69 bits per heavy atom. The van der Waals surface area contributed by atoms with Gasteiger partial charge in [0.15, 0.2) is 11.4 Å². The summed E-state index contributed by atoms with van der Waals surface area (Å²) in [6, 6.07) is 15.4. The molecule has 0 spiro atoms. The fourth-order valence-corrected chi connectivity index (χ4v) is 5.32. The maximum absolute atomic E-state index is 15.5. The molecule has 0 saturated carbocycles. The van der Waals surface area contributed by atoms with Crippen molar-refractivity contribution in [2.75, 3.05) is 5.32 Å². The first kappa shape index (κ1) is 27.4. The van der Waals surface area contributed by atoms with E-state index in [0.29, 0.717) is 21.5 Å². The molecule has 1 N–H and O–H groups in total. The van der Waals surface area contributed by atoms with E-state index in [4.69, 9.17) is 11.6 Å². The van der Waals surface area contributed by atoms with Gasteiger partial charge in [-0.05, 0) is 53.4 Å². The van der Waals surface area contributed by atoms with Crippen molar-refractivity contribution in [2.24, 2.45) is 0 Å². The van der Waals surface area contributed by atoms with Gasteiger partial charge < -0.3 is 5.32 Å². The van der Waals surface area contributed by atoms with E-state index in [0.717, 1.165) is 34.5 Å². The molecule has 0 radical (unpaired) electrons. The van der Waals surface area contributed by atoms with Crippen LogP contribution in [0, 0.1) is 11.6 Å². The van der Waals surface area contributed by atoms with Crippen LogP contribution in [0.5, 0.6) is 0 Å². The third kappa shape index (κ3) is 4.97. The molecule has 3 aromatic heterocycles. The Morgan fingerprint density at radius 1 is 0.905 bits per heavy atom. The smallest absolute Gasteiger partial charge is 0.320 e. The highest BCUT2D eigenvalue weighted by atomic mass is 35.5. The predicted octanol–water partition coefficient (Wildman–Crippen LogP) is 7.81. The minimum absolute atomic E-state index is 0.117. The molecule has 7 nitrogen and oxygen atoms in total. The highest BCUT2D eigenvalue weighted by molar-refractivity contribution is 7.16. The molecule has 0 fully saturated rings. The molecule has 0 saturated heterocycles. The van der Waals surface area contributed by atoms with Gasteiger partial charge in [0.25, 0.3) is 5.91 Å². The Bertz CT molecular complexity index is 1990. The number of aromatic nitrogens is 5. The highest BCUT2D eigenvalue weighted by Crippen LogP contribution is 2.38. The van der Waals surface area contributed by atoms with Gasteiger partial charge in [-0.1, -0.05) is 41.1 Å². The lowest BCUT2D eigenvalue weighted by Gasteiger charge is -2.13. The van der Waals surface area contributed by atoms with Crippen LogP contribution in [0.1, 0.15) is 16.2 Å². The van der Waals surface area contributed by atoms with Crippen LogP contribution in [0.3, 0.4) is 0 Å². The number of fused-ring (bicyclic) bond motifs is 1. The van der Waals surface area contributed by atoms with E-state index < -0.39 is 40.1 Å². The van der Waals surface area contributed by atoms with Gasteiger partial charge in [-0.2, -0.15) is 13.2 Å². The van der Waals surface area contributed by atoms with Crippen molar-refractivity contribution in [3.8, 4) is 28.1 Å². The van der Waals surface area contributed by atoms with Crippen molar-refractivity contribution >= 4 is 44.7 Å². The average Bonchev–Trinajstić information content (AvgIpc) is 3.63. The van der Waals surface area contributed by atoms with Crippen molar-refractivity contribution in [3.05, 3.63) is 106 Å². The summed E-state index contributed by atoms with van der Waals surface area (Å²) in [6.07, 6.45) is -3.65. The number of alkyl halides is 3. The van der Waals surface area contributed by atoms with Gasteiger partial charge in [-0.15, -0.1) is 16.4 Å². The summed E-state index contributed by atoms with van der Waals surface area (Å²) in [5.41, 5.74) is -1.02. The number of nitrogens with one attached hydrogen (secondary N) is 1. The van der Waals surface area contributed by atoms with Gasteiger partial charge in [0.2, 0.25) is 0 Å². The largest absolute Gasteiger partial charge is 0.435 e. The summed E-state index contributed by atoms with van der Waals surface area (Å²) < 4.78 is 71.4. The summed E-state index contributed by atoms with van der Waals surface area (Å²) in [5, 5.41) is 11.3. The number of benzene rings is 3. The van der Waals surface area contributed by atoms with Crippen molar-refractivity contribution in [1.29, 1.82) is 0 Å². The number of rotatable bonds is 5. The second-order valence-corrected chi connectivity index (χ2v) is 10.2. The van der Waals surface area contributed by atoms with E-state index in [-0.39, 0.29) is 16.9 Å². The number of carbonyl (C=O) groups excluding carboxylic acids is 1. The van der Waals surface area contributed by atoms with E-state index in [1.165, 1.54) is 29.8 Å². The topological polar surface area (TPSA) is 85.6 Å². The Kier molecular flexibility index (Phi) is 6.91. The Labute approximate surface area is 242 Å². The molecular formula is C28H14ClF5N6OS. The third-order valence-corrected chi connectivity index (χ3v) is 7.37. The van der Waals surface area contributed by atoms with Crippen molar-refractivity contribution in [1.82, 2.24) is 25.0 Å². The third-order valence-electron chi connectivity index (χ3n) is 6.26. The Morgan fingerprint density at radius 3 is 2.43 bits per heavy atom. The predicted molar refractivity (Wildman–Crippen MR) is 148 cm³/mol. The molecule has 0 aliphatic carbocycles. The molecule has 0 atom stereocenters. The van der Waals surface area contributed by atoms with Crippen molar-refractivity contribution in [3.63, 3.8) is 0 Å². The molecule has 0 bridgehead atoms. The maximum atomic E-state index is 15.5. The van der Waals surface area contributed by atoms with Crippen LogP contribution < -0.4 is 5.32 Å². The minimum atomic E-state index is -5.08. The molecule has 210 valence electrons. The molecule has 6 rings (SSSR count). The van der Waals surface area contributed by atoms with Crippen molar-refractivity contribution < 1.29 is 26.7 Å². The minimum Gasteiger partial charge on any atom is -0.320 e. The summed E-state index contributed by atoms with van der Waals surface area (Å²) in [6.45, 7) is 0. The van der Waals surface area contributed by atoms with Crippen LogP contribution in [0.2, 0.25) is 5.02 Å². The van der Waals surface area contributed by atoms with Crippen LogP contribution in [0.4, 0.5) is 27.6 Å². The van der Waals surface area contributed by atoms with Crippen LogP contribution >= 0.6 is 22.9 Å². The lowest BCUT2D eigenvalue weighted by Crippen LogP contribution is -2.21. The first-order valence-electron chi connectivity index (χ1n) is 12.0. The standard InChI is InChI=1S/C28H14ClF5N6OS/c29-20-12-15(6-8-21(20)30)40-25(28(32,33)34)24(38-39-40)26(41)37-14-5-7-17(22(31)11-14)16-3-1-2-4-18(16)23-19-9-10-42-27(19)36-13-35-23/h1-13H,(H,37,41). The molecule has 3 heterocycles. The van der Waals surface area contributed by atoms with Gasteiger partial charge in [-0.3, -0.25) is 4.79 Å². The van der Waals surface area contributed by atoms with Crippen LogP contribution in [0.15, 0.2) is 78.4 Å². The van der Waals surface area contributed by atoms with Gasteiger partial charge in [0.1, 0.15) is 22.8 Å². The van der Waals surface area contributed by atoms with Crippen LogP contribution in [-0.4, -0.2) is 30.9 Å². The number of anilines is 1. The molecule has 0 aliphatic rings. The monoisotopic (exact) mass is 612 g/mol. The number of carbonyl (C=O) groups is 1. The van der Waals surface area contributed by atoms with Gasteiger partial charge >= 0.3 is 6.18 Å². The zero-order valence-electron chi connectivity index (χ0n) is 20.8. The normalized spacial score (nSPS) is 11.7. The highest BCUT2D eigenvalue weighted by Gasteiger charge is 2.42. The molecule has 14 heteroatoms. The number of nitrogens with zero attached hydrogens (tertiary/aromatic N) is 5. The molecule has 0 aliphatic heterocycles. The van der Waals surface area contributed by atoms with Gasteiger partial charge in [0, 0.05) is 22.2 Å². The van der Waals surface area contributed by atoms with Crippen LogP contribution in [0.25, 0.3) is 38.3 Å². The van der Waals surface area contributed by atoms with E-state index in [2.05, 4.69) is 25.6 Å². The molecule has 0 unspecified atom stereocenters. The summed E-state index contributed by atoms with van der Waals surface area (Å²) in [4.78, 5) is 22.3. The van der Waals surface area contributed by atoms with Gasteiger partial charge in [0.05, 0.1) is 16.4 Å². The number of halogens is 6. The number of thiophene rings is 1. The van der Waals surface area contributed by atoms with E-state index >= 15 is 4.39 Å². The quantitative estimate of drug-likeness (QED) is 0.201. The number of amides is 1. The molecule has 3 aromatic carbocycles. The second kappa shape index (κ2) is 10.6. The average molecular weight is 613 g/mol. The lowest BCUT2D eigenvalue weighted by molar-refractivity contribution is -0.143. The van der Waals surface area contributed by atoms with Gasteiger partial charge in [-0.25, -0.2) is 23.4 Å². The first-order chi connectivity index (χ1) is 20.1. The number of hydrogen-bond donors (Lipinski definition) is 1. The molecule has 1 amide bonds. The first-order valence-corrected chi connectivity index (χ1v) is 13.2. The number of hydrogen-bond acceptors (Lipinski definition) is 6.